The fourth-order valence-electron chi connectivity index (χ4n) is 10.9. The summed E-state index contributed by atoms with van der Waals surface area (Å²) in [7, 11) is -8.20. The van der Waals surface area contributed by atoms with Gasteiger partial charge in [0, 0.05) is 20.4 Å². The monoisotopic (exact) mass is 1790 g/mol. The molecule has 9 rings (SSSR count). The molecule has 9 aromatic carbocycles. The van der Waals surface area contributed by atoms with Crippen LogP contribution in [0, 0.1) is 41.5 Å². The van der Waals surface area contributed by atoms with E-state index in [1.807, 2.05) is 0 Å². The van der Waals surface area contributed by atoms with E-state index in [-0.39, 0.29) is 104 Å². The van der Waals surface area contributed by atoms with Crippen molar-refractivity contribution in [2.24, 2.45) is 0 Å². The van der Waals surface area contributed by atoms with Gasteiger partial charge in [-0.05, 0) is 274 Å². The molecule has 0 amide bonds. The Bertz CT molecular complexity index is 4090. The maximum atomic E-state index is 13.5. The standard InChI is InChI=1S/3C24H15F12P.Pd/c3*1-12-3-14(21(25,26)27)8-18(5-12)37(19-6-13(2)4-15(9-19)22(28,29)30)20-10-16(23(31,32)33)7-17(11-20)24(34,35)36;/h3*3-11H,1-2H3;. The molecule has 0 spiro atoms. The summed E-state index contributed by atoms with van der Waals surface area (Å²) >= 11 is 0. The van der Waals surface area contributed by atoms with Gasteiger partial charge in [-0.3, -0.25) is 0 Å². The first kappa shape index (κ1) is 93.3. The molecule has 610 valence electrons. The van der Waals surface area contributed by atoms with E-state index in [1.165, 1.54) is 41.5 Å². The number of alkyl halides is 36. The van der Waals surface area contributed by atoms with E-state index in [0.717, 1.165) is 36.4 Å². The summed E-state index contributed by atoms with van der Waals surface area (Å²) in [4.78, 5) is 0. The Morgan fingerprint density at radius 2 is 0.214 bits per heavy atom. The molecule has 0 aliphatic heterocycles. The maximum Gasteiger partial charge on any atom is 0.416 e. The van der Waals surface area contributed by atoms with Gasteiger partial charge >= 0.3 is 74.1 Å². The zero-order valence-electron chi connectivity index (χ0n) is 56.4. The molecule has 0 aliphatic carbocycles. The molecule has 0 aromatic heterocycles. The van der Waals surface area contributed by atoms with Crippen LogP contribution in [0.1, 0.15) is 100 Å². The fraction of sp³-hybridized carbons (Fsp3) is 0.250. The first-order valence-corrected chi connectivity index (χ1v) is 34.4. The van der Waals surface area contributed by atoms with E-state index in [0.29, 0.717) is 109 Å². The van der Waals surface area contributed by atoms with E-state index < -0.39 is 181 Å². The van der Waals surface area contributed by atoms with Crippen LogP contribution in [0.5, 0.6) is 0 Å². The Balaban J connectivity index is 0.000000261. The minimum atomic E-state index is -5.27. The number of aryl methyl sites for hydroxylation is 6. The van der Waals surface area contributed by atoms with Crippen molar-refractivity contribution in [1.29, 1.82) is 0 Å². The summed E-state index contributed by atoms with van der Waals surface area (Å²) in [6.07, 6.45) is -61.2. The third kappa shape index (κ3) is 24.2. The molecule has 0 heterocycles. The third-order valence-electron chi connectivity index (χ3n) is 15.4. The number of halogens is 36. The van der Waals surface area contributed by atoms with E-state index >= 15 is 0 Å². The van der Waals surface area contributed by atoms with E-state index in [9.17, 15) is 158 Å². The first-order chi connectivity index (χ1) is 50.0. The second-order valence-electron chi connectivity index (χ2n) is 24.6. The molecule has 9 aromatic rings. The van der Waals surface area contributed by atoms with Gasteiger partial charge in [-0.1, -0.05) is 36.4 Å². The molecule has 0 aliphatic rings. The second kappa shape index (κ2) is 33.0. The van der Waals surface area contributed by atoms with Crippen molar-refractivity contribution in [2.45, 2.75) is 116 Å². The van der Waals surface area contributed by atoms with Crippen molar-refractivity contribution >= 4 is 71.5 Å². The third-order valence-corrected chi connectivity index (χ3v) is 22.3. The van der Waals surface area contributed by atoms with Gasteiger partial charge in [0.1, 0.15) is 0 Å². The van der Waals surface area contributed by atoms with Gasteiger partial charge in [0.15, 0.2) is 0 Å². The molecule has 40 heteroatoms. The Morgan fingerprint density at radius 1 is 0.134 bits per heavy atom. The zero-order chi connectivity index (χ0) is 84.4. The van der Waals surface area contributed by atoms with Gasteiger partial charge < -0.3 is 0 Å². The van der Waals surface area contributed by atoms with Crippen molar-refractivity contribution in [1.82, 2.24) is 0 Å². The summed E-state index contributed by atoms with van der Waals surface area (Å²) in [6.45, 7) is 7.32. The van der Waals surface area contributed by atoms with Crippen molar-refractivity contribution < 1.29 is 178 Å². The quantitative estimate of drug-likeness (QED) is 0.0768. The molecular weight excluding hydrogens is 1750 g/mol. The van der Waals surface area contributed by atoms with E-state index in [4.69, 9.17) is 0 Å². The molecule has 0 radical (unpaired) electrons. The first-order valence-electron chi connectivity index (χ1n) is 30.4. The maximum absolute atomic E-state index is 13.5. The summed E-state index contributed by atoms with van der Waals surface area (Å²) in [5.41, 5.74) is -18.2. The molecule has 0 atom stereocenters. The van der Waals surface area contributed by atoms with Crippen LogP contribution in [-0.4, -0.2) is 0 Å². The van der Waals surface area contributed by atoms with Crippen molar-refractivity contribution in [3.05, 3.63) is 264 Å². The van der Waals surface area contributed by atoms with E-state index in [1.54, 1.807) is 0 Å². The molecule has 0 saturated heterocycles. The topological polar surface area (TPSA) is 0 Å². The van der Waals surface area contributed by atoms with Crippen molar-refractivity contribution in [3.63, 3.8) is 0 Å². The van der Waals surface area contributed by atoms with Gasteiger partial charge in [0.2, 0.25) is 0 Å². The van der Waals surface area contributed by atoms with Crippen molar-refractivity contribution in [3.8, 4) is 0 Å². The van der Waals surface area contributed by atoms with Gasteiger partial charge in [0.25, 0.3) is 0 Å². The zero-order valence-corrected chi connectivity index (χ0v) is 60.6. The summed E-state index contributed by atoms with van der Waals surface area (Å²) < 4.78 is 486. The Kier molecular flexibility index (Phi) is 27.4. The molecule has 0 nitrogen and oxygen atoms in total. The molecule has 0 unspecified atom stereocenters. The minimum Gasteiger partial charge on any atom is -0.166 e. The summed E-state index contributed by atoms with van der Waals surface area (Å²) in [5.74, 6) is 0. The van der Waals surface area contributed by atoms with Crippen LogP contribution >= 0.6 is 23.8 Å². The smallest absolute Gasteiger partial charge is 0.166 e. The van der Waals surface area contributed by atoms with Crippen molar-refractivity contribution in [2.75, 3.05) is 0 Å². The normalized spacial score (nSPS) is 13.3. The fourth-order valence-corrected chi connectivity index (χ4v) is 18.8. The van der Waals surface area contributed by atoms with Crippen LogP contribution in [0.15, 0.2) is 164 Å². The Hall–Kier alpha value is -7.59. The van der Waals surface area contributed by atoms with Crippen LogP contribution in [0.4, 0.5) is 158 Å². The Labute approximate surface area is 627 Å². The van der Waals surface area contributed by atoms with Crippen LogP contribution in [0.2, 0.25) is 0 Å². The number of hydrogen-bond donors (Lipinski definition) is 0. The van der Waals surface area contributed by atoms with Crippen LogP contribution in [0.25, 0.3) is 0 Å². The second-order valence-corrected chi connectivity index (χ2v) is 31.3. The van der Waals surface area contributed by atoms with Crippen LogP contribution in [-0.2, 0) is 94.5 Å². The molecule has 112 heavy (non-hydrogen) atoms. The predicted octanol–water partition coefficient (Wildman–Crippen LogP) is 24.4. The largest absolute Gasteiger partial charge is 0.416 e. The minimum absolute atomic E-state index is 0. The van der Waals surface area contributed by atoms with E-state index in [2.05, 4.69) is 0 Å². The number of benzene rings is 9. The van der Waals surface area contributed by atoms with Gasteiger partial charge in [-0.2, -0.15) is 158 Å². The molecule has 0 bridgehead atoms. The van der Waals surface area contributed by atoms with Crippen LogP contribution < -0.4 is 47.7 Å². The number of rotatable bonds is 9. The van der Waals surface area contributed by atoms with Gasteiger partial charge in [-0.15, -0.1) is 0 Å². The molecular formula is C72H45F36P3Pd. The molecule has 0 saturated carbocycles. The van der Waals surface area contributed by atoms with Crippen LogP contribution in [0.3, 0.4) is 0 Å². The summed E-state index contributed by atoms with van der Waals surface area (Å²) in [5, 5.41) is -4.34. The molecule has 0 N–H and O–H groups in total. The van der Waals surface area contributed by atoms with Gasteiger partial charge in [-0.25, -0.2) is 0 Å². The molecule has 0 fully saturated rings. The summed E-state index contributed by atoms with van der Waals surface area (Å²) in [6, 6.07) is 15.5. The average Bonchev–Trinajstić information content (AvgIpc) is 0.772. The Morgan fingerprint density at radius 3 is 0.304 bits per heavy atom. The predicted molar refractivity (Wildman–Crippen MR) is 344 cm³/mol. The van der Waals surface area contributed by atoms with Gasteiger partial charge in [0.05, 0.1) is 66.8 Å². The average molecular weight is 1790 g/mol. The SMILES string of the molecule is Cc1cc(P(c2cc(C)cc(C(F)(F)F)c2)c2cc(C(F)(F)F)cc(C(F)(F)F)c2)cc(C(F)(F)F)c1.Cc1cc(P(c2cc(C)cc(C(F)(F)F)c2)c2cc(C(F)(F)F)cc(C(F)(F)F)c2)cc(C(F)(F)F)c1.Cc1cc(P(c2cc(C)cc(C(F)(F)F)c2)c2cc(C(F)(F)F)cc(C(F)(F)F)c2)cc(C(F)(F)F)c1.[Pd]. The number of hydrogen-bond acceptors (Lipinski definition) is 0.